The lowest BCUT2D eigenvalue weighted by molar-refractivity contribution is -0.123. The van der Waals surface area contributed by atoms with Crippen molar-refractivity contribution < 1.29 is 9.90 Å². The van der Waals surface area contributed by atoms with Crippen molar-refractivity contribution in [2.45, 2.75) is 48.4 Å². The average molecular weight is 355 g/mol. The van der Waals surface area contributed by atoms with E-state index in [1.807, 2.05) is 13.8 Å². The molecule has 0 aromatic heterocycles. The molecule has 2 saturated carbocycles. The third-order valence-electron chi connectivity index (χ3n) is 4.77. The van der Waals surface area contributed by atoms with Gasteiger partial charge in [-0.05, 0) is 18.3 Å². The second kappa shape index (κ2) is 3.45. The van der Waals surface area contributed by atoms with Gasteiger partial charge in [-0.1, -0.05) is 45.7 Å². The highest BCUT2D eigenvalue weighted by Crippen LogP contribution is 2.72. The Bertz CT molecular complexity index is 347. The number of nitrogens with two attached hydrogens (primary N) is 1. The second-order valence-corrected chi connectivity index (χ2v) is 8.10. The molecule has 16 heavy (non-hydrogen) atoms. The molecule has 4 atom stereocenters. The fraction of sp³-hybridized carbons (Fsp3) is 0.909. The van der Waals surface area contributed by atoms with Crippen LogP contribution in [0.4, 0.5) is 0 Å². The molecule has 3 nitrogen and oxygen atoms in total. The molecule has 0 aliphatic heterocycles. The molecular formula is C11H17Br2NO2. The number of aliphatic hydroxyl groups excluding tert-OH is 1. The van der Waals surface area contributed by atoms with E-state index in [0.717, 1.165) is 12.8 Å². The van der Waals surface area contributed by atoms with Gasteiger partial charge in [0, 0.05) is 16.7 Å². The summed E-state index contributed by atoms with van der Waals surface area (Å²) in [4.78, 5) is 11.4. The van der Waals surface area contributed by atoms with Gasteiger partial charge in [-0.2, -0.15) is 0 Å². The number of halogens is 2. The van der Waals surface area contributed by atoms with E-state index < -0.39 is 6.10 Å². The van der Waals surface area contributed by atoms with E-state index in [2.05, 4.69) is 31.9 Å². The molecule has 1 amide bonds. The first-order valence-electron chi connectivity index (χ1n) is 5.48. The van der Waals surface area contributed by atoms with E-state index in [1.54, 1.807) is 0 Å². The van der Waals surface area contributed by atoms with Gasteiger partial charge in [0.05, 0.1) is 10.4 Å². The van der Waals surface area contributed by atoms with Gasteiger partial charge in [-0.15, -0.1) is 0 Å². The van der Waals surface area contributed by atoms with Crippen molar-refractivity contribution in [1.82, 2.24) is 0 Å². The second-order valence-electron chi connectivity index (χ2n) is 5.71. The maximum absolute atomic E-state index is 11.3. The molecule has 2 fully saturated rings. The van der Waals surface area contributed by atoms with Gasteiger partial charge in [0.1, 0.15) is 0 Å². The van der Waals surface area contributed by atoms with Crippen molar-refractivity contribution in [3.63, 3.8) is 0 Å². The number of alkyl halides is 2. The van der Waals surface area contributed by atoms with Crippen LogP contribution in [0.1, 0.15) is 33.1 Å². The smallest absolute Gasteiger partial charge is 0.218 e. The van der Waals surface area contributed by atoms with E-state index in [1.165, 1.54) is 0 Å². The van der Waals surface area contributed by atoms with Crippen LogP contribution < -0.4 is 5.73 Å². The molecule has 3 N–H and O–H groups in total. The Balaban J connectivity index is 2.48. The van der Waals surface area contributed by atoms with Gasteiger partial charge >= 0.3 is 0 Å². The third-order valence-corrected chi connectivity index (χ3v) is 8.37. The summed E-state index contributed by atoms with van der Waals surface area (Å²) in [6.07, 6.45) is 1.67. The highest BCUT2D eigenvalue weighted by molar-refractivity contribution is 9.12. The molecule has 0 aromatic carbocycles. The number of carbonyl (C=O) groups is 1. The molecular weight excluding hydrogens is 338 g/mol. The summed E-state index contributed by atoms with van der Waals surface area (Å²) < 4.78 is -0.314. The summed E-state index contributed by atoms with van der Waals surface area (Å²) in [5, 5.41) is 10.4. The monoisotopic (exact) mass is 353 g/mol. The highest BCUT2D eigenvalue weighted by atomic mass is 79.9. The lowest BCUT2D eigenvalue weighted by atomic mass is 9.62. The number of aliphatic hydroxyl groups is 1. The van der Waals surface area contributed by atoms with Crippen LogP contribution >= 0.6 is 31.9 Å². The molecule has 0 radical (unpaired) electrons. The first-order valence-corrected chi connectivity index (χ1v) is 7.19. The van der Waals surface area contributed by atoms with Crippen LogP contribution in [0.25, 0.3) is 0 Å². The maximum atomic E-state index is 11.3. The van der Waals surface area contributed by atoms with Gasteiger partial charge in [0.15, 0.2) is 0 Å². The van der Waals surface area contributed by atoms with Crippen molar-refractivity contribution in [1.29, 1.82) is 0 Å². The van der Waals surface area contributed by atoms with Gasteiger partial charge in [0.2, 0.25) is 5.91 Å². The number of carbonyl (C=O) groups excluding carboxylic acids is 1. The zero-order valence-corrected chi connectivity index (χ0v) is 12.6. The molecule has 0 heterocycles. The number of hydrogen-bond acceptors (Lipinski definition) is 2. The lowest BCUT2D eigenvalue weighted by Gasteiger charge is -2.45. The van der Waals surface area contributed by atoms with Crippen LogP contribution in [0.5, 0.6) is 0 Å². The molecule has 0 aromatic rings. The molecule has 5 heteroatoms. The van der Waals surface area contributed by atoms with Crippen LogP contribution in [0.3, 0.4) is 0 Å². The number of amides is 1. The van der Waals surface area contributed by atoms with Gasteiger partial charge < -0.3 is 10.8 Å². The number of rotatable bonds is 2. The molecule has 0 unspecified atom stereocenters. The number of primary amides is 1. The Kier molecular flexibility index (Phi) is 2.77. The topological polar surface area (TPSA) is 63.3 Å². The van der Waals surface area contributed by atoms with Crippen molar-refractivity contribution in [2.75, 3.05) is 0 Å². The van der Waals surface area contributed by atoms with E-state index >= 15 is 0 Å². The SMILES string of the molecule is CC1(C)[C@H](O)[C@@]2(Br)CC[C@@]1(CC(N)=O)[C@H]2Br. The molecule has 2 aliphatic carbocycles. The molecule has 92 valence electrons. The Morgan fingerprint density at radius 3 is 2.44 bits per heavy atom. The standard InChI is InChI=1S/C11H17Br2NO2/c1-9(2)8(16)11(13)4-3-10(9,7(11)12)5-6(14)15/h7-8,16H,3-5H2,1-2H3,(H2,14,15)/t7-,8+,10-,11-/m1/s1. The molecule has 0 saturated heterocycles. The third kappa shape index (κ3) is 1.25. The normalized spacial score (nSPS) is 49.6. The van der Waals surface area contributed by atoms with Crippen molar-refractivity contribution in [3.8, 4) is 0 Å². The Hall–Kier alpha value is 0.390. The van der Waals surface area contributed by atoms with E-state index in [4.69, 9.17) is 5.73 Å². The van der Waals surface area contributed by atoms with Crippen LogP contribution in [0, 0.1) is 10.8 Å². The summed E-state index contributed by atoms with van der Waals surface area (Å²) in [6.45, 7) is 4.05. The Morgan fingerprint density at radius 1 is 1.50 bits per heavy atom. The summed E-state index contributed by atoms with van der Waals surface area (Å²) in [5.74, 6) is -0.289. The van der Waals surface area contributed by atoms with Crippen molar-refractivity contribution >= 4 is 37.8 Å². The van der Waals surface area contributed by atoms with Gasteiger partial charge in [0.25, 0.3) is 0 Å². The van der Waals surface area contributed by atoms with Crippen LogP contribution in [-0.4, -0.2) is 26.3 Å². The van der Waals surface area contributed by atoms with Crippen molar-refractivity contribution in [2.24, 2.45) is 16.6 Å². The maximum Gasteiger partial charge on any atom is 0.218 e. The average Bonchev–Trinajstić information content (AvgIpc) is 2.46. The lowest BCUT2D eigenvalue weighted by Crippen LogP contribution is -2.47. The van der Waals surface area contributed by atoms with Crippen molar-refractivity contribution in [3.05, 3.63) is 0 Å². The fourth-order valence-corrected chi connectivity index (χ4v) is 6.31. The molecule has 2 aliphatic rings. The quantitative estimate of drug-likeness (QED) is 0.744. The van der Waals surface area contributed by atoms with Crippen LogP contribution in [0.2, 0.25) is 0 Å². The minimum Gasteiger partial charge on any atom is -0.391 e. The Labute approximate surface area is 112 Å². The largest absolute Gasteiger partial charge is 0.391 e. The summed E-state index contributed by atoms with van der Waals surface area (Å²) in [6, 6.07) is 0. The first kappa shape index (κ1) is 12.8. The highest BCUT2D eigenvalue weighted by Gasteiger charge is 2.73. The van der Waals surface area contributed by atoms with E-state index in [0.29, 0.717) is 6.42 Å². The minimum atomic E-state index is -0.461. The number of fused-ring (bicyclic) bond motifs is 2. The number of hydrogen-bond donors (Lipinski definition) is 2. The minimum absolute atomic E-state index is 0.0880. The zero-order valence-electron chi connectivity index (χ0n) is 9.46. The van der Waals surface area contributed by atoms with Gasteiger partial charge in [-0.3, -0.25) is 4.79 Å². The first-order chi connectivity index (χ1) is 7.18. The van der Waals surface area contributed by atoms with Gasteiger partial charge in [-0.25, -0.2) is 0 Å². The molecule has 0 spiro atoms. The molecule has 2 rings (SSSR count). The fourth-order valence-electron chi connectivity index (χ4n) is 3.64. The summed E-state index contributed by atoms with van der Waals surface area (Å²) in [5.41, 5.74) is 4.82. The van der Waals surface area contributed by atoms with E-state index in [-0.39, 0.29) is 25.9 Å². The summed E-state index contributed by atoms with van der Waals surface area (Å²) >= 11 is 7.34. The van der Waals surface area contributed by atoms with E-state index in [9.17, 15) is 9.90 Å². The Morgan fingerprint density at radius 2 is 2.06 bits per heavy atom. The predicted octanol–water partition coefficient (Wildman–Crippen LogP) is 1.94. The van der Waals surface area contributed by atoms with Crippen LogP contribution in [-0.2, 0) is 4.79 Å². The summed E-state index contributed by atoms with van der Waals surface area (Å²) in [7, 11) is 0. The van der Waals surface area contributed by atoms with Crippen LogP contribution in [0.15, 0.2) is 0 Å². The molecule has 2 bridgehead atoms. The predicted molar refractivity (Wildman–Crippen MR) is 69.6 cm³/mol. The zero-order chi connectivity index (χ0) is 12.4.